The van der Waals surface area contributed by atoms with E-state index in [0.29, 0.717) is 6.04 Å². The third kappa shape index (κ3) is 1.28. The molecule has 72 valence electrons. The molecule has 0 aromatic carbocycles. The van der Waals surface area contributed by atoms with Crippen LogP contribution in [0, 0.1) is 17.8 Å². The zero-order valence-corrected chi connectivity index (χ0v) is 7.91. The lowest BCUT2D eigenvalue weighted by Gasteiger charge is -2.20. The van der Waals surface area contributed by atoms with Gasteiger partial charge in [-0.05, 0) is 42.6 Å². The average Bonchev–Trinajstić information content (AvgIpc) is 2.63. The minimum absolute atomic E-state index is 0.301. The molecule has 2 aliphatic carbocycles. The van der Waals surface area contributed by atoms with Crippen LogP contribution in [0.1, 0.15) is 25.7 Å². The minimum Gasteiger partial charge on any atom is -0.501 e. The fourth-order valence-electron chi connectivity index (χ4n) is 3.00. The van der Waals surface area contributed by atoms with Crippen molar-refractivity contribution in [3.05, 3.63) is 11.8 Å². The maximum Gasteiger partial charge on any atom is 0.0912 e. The molecule has 0 amide bonds. The predicted molar refractivity (Wildman–Crippen MR) is 50.9 cm³/mol. The zero-order chi connectivity index (χ0) is 8.84. The van der Waals surface area contributed by atoms with Crippen molar-refractivity contribution in [1.29, 1.82) is 0 Å². The summed E-state index contributed by atoms with van der Waals surface area (Å²) in [4.78, 5) is 0. The monoisotopic (exact) mass is 179 g/mol. The summed E-state index contributed by atoms with van der Waals surface area (Å²) in [6.07, 6.45) is 7.20. The Kier molecular flexibility index (Phi) is 1.66. The minimum atomic E-state index is 0.301. The second kappa shape index (κ2) is 2.74. The van der Waals surface area contributed by atoms with Crippen LogP contribution in [0.5, 0.6) is 0 Å². The molecular formula is C11H17NO. The van der Waals surface area contributed by atoms with Crippen molar-refractivity contribution in [2.24, 2.45) is 23.5 Å². The van der Waals surface area contributed by atoms with E-state index in [4.69, 9.17) is 10.5 Å². The van der Waals surface area contributed by atoms with Gasteiger partial charge in [-0.2, -0.15) is 0 Å². The van der Waals surface area contributed by atoms with Crippen LogP contribution in [-0.4, -0.2) is 12.6 Å². The maximum absolute atomic E-state index is 6.22. The van der Waals surface area contributed by atoms with E-state index < -0.39 is 0 Å². The van der Waals surface area contributed by atoms with Crippen LogP contribution in [0.4, 0.5) is 0 Å². The van der Waals surface area contributed by atoms with Crippen LogP contribution in [0.2, 0.25) is 0 Å². The molecule has 1 heterocycles. The quantitative estimate of drug-likeness (QED) is 0.699. The van der Waals surface area contributed by atoms with Gasteiger partial charge in [-0.15, -0.1) is 0 Å². The van der Waals surface area contributed by atoms with Crippen molar-refractivity contribution < 1.29 is 4.74 Å². The van der Waals surface area contributed by atoms with Crippen LogP contribution in [0.3, 0.4) is 0 Å². The fourth-order valence-corrected chi connectivity index (χ4v) is 3.00. The summed E-state index contributed by atoms with van der Waals surface area (Å²) in [6.45, 7) is 0.850. The molecular weight excluding hydrogens is 162 g/mol. The first-order chi connectivity index (χ1) is 6.34. The molecule has 2 nitrogen and oxygen atoms in total. The van der Waals surface area contributed by atoms with E-state index in [2.05, 4.69) is 0 Å². The van der Waals surface area contributed by atoms with Gasteiger partial charge in [0.1, 0.15) is 0 Å². The van der Waals surface area contributed by atoms with Crippen LogP contribution >= 0.6 is 0 Å². The number of nitrogens with two attached hydrogens (primary N) is 1. The van der Waals surface area contributed by atoms with Crippen molar-refractivity contribution in [3.8, 4) is 0 Å². The molecule has 13 heavy (non-hydrogen) atoms. The van der Waals surface area contributed by atoms with Crippen LogP contribution < -0.4 is 5.73 Å². The van der Waals surface area contributed by atoms with Crippen molar-refractivity contribution >= 4 is 0 Å². The molecule has 3 rings (SSSR count). The largest absolute Gasteiger partial charge is 0.501 e. The Morgan fingerprint density at radius 2 is 2.08 bits per heavy atom. The summed E-state index contributed by atoms with van der Waals surface area (Å²) in [5, 5.41) is 0. The summed E-state index contributed by atoms with van der Waals surface area (Å²) >= 11 is 0. The topological polar surface area (TPSA) is 35.2 Å². The van der Waals surface area contributed by atoms with Crippen LogP contribution in [0.25, 0.3) is 0 Å². The highest BCUT2D eigenvalue weighted by atomic mass is 16.5. The van der Waals surface area contributed by atoms with Gasteiger partial charge >= 0.3 is 0 Å². The molecule has 0 radical (unpaired) electrons. The standard InChI is InChI=1S/C11H17NO/c12-11(7-1-2-13-6-7)10-4-8-3-9(8)5-10/h6,8-11H,1-5,12H2. The molecule has 2 saturated carbocycles. The summed E-state index contributed by atoms with van der Waals surface area (Å²) in [6, 6.07) is 0.301. The average molecular weight is 179 g/mol. The normalized spacial score (nSPS) is 43.8. The lowest BCUT2D eigenvalue weighted by atomic mass is 9.89. The molecule has 2 heteroatoms. The molecule has 2 N–H and O–H groups in total. The highest BCUT2D eigenvalue weighted by Crippen LogP contribution is 2.55. The molecule has 0 aromatic heterocycles. The summed E-state index contributed by atoms with van der Waals surface area (Å²) in [5.74, 6) is 2.84. The van der Waals surface area contributed by atoms with Crippen LogP contribution in [-0.2, 0) is 4.74 Å². The van der Waals surface area contributed by atoms with Gasteiger partial charge in [-0.1, -0.05) is 0 Å². The smallest absolute Gasteiger partial charge is 0.0912 e. The molecule has 1 aliphatic heterocycles. The highest BCUT2D eigenvalue weighted by Gasteiger charge is 2.47. The Bertz CT molecular complexity index is 238. The van der Waals surface area contributed by atoms with Gasteiger partial charge in [-0.3, -0.25) is 0 Å². The Morgan fingerprint density at radius 1 is 1.31 bits per heavy atom. The SMILES string of the molecule is NC(C1=COCC1)C1CC2CC2C1. The number of fused-ring (bicyclic) bond motifs is 1. The molecule has 3 aliphatic rings. The van der Waals surface area contributed by atoms with E-state index in [1.54, 1.807) is 0 Å². The molecule has 0 aromatic rings. The first kappa shape index (κ1) is 7.86. The Balaban J connectivity index is 1.64. The molecule has 0 bridgehead atoms. The van der Waals surface area contributed by atoms with Crippen molar-refractivity contribution in [3.63, 3.8) is 0 Å². The Morgan fingerprint density at radius 3 is 2.69 bits per heavy atom. The first-order valence-corrected chi connectivity index (χ1v) is 5.40. The van der Waals surface area contributed by atoms with E-state index >= 15 is 0 Å². The highest BCUT2D eigenvalue weighted by molar-refractivity contribution is 5.15. The van der Waals surface area contributed by atoms with Gasteiger partial charge in [0.15, 0.2) is 0 Å². The van der Waals surface area contributed by atoms with E-state index in [-0.39, 0.29) is 0 Å². The van der Waals surface area contributed by atoms with Crippen LogP contribution in [0.15, 0.2) is 11.8 Å². The van der Waals surface area contributed by atoms with E-state index in [1.165, 1.54) is 24.8 Å². The predicted octanol–water partition coefficient (Wildman–Crippen LogP) is 1.66. The number of hydrogen-bond donors (Lipinski definition) is 1. The second-order valence-electron chi connectivity index (χ2n) is 4.83. The second-order valence-corrected chi connectivity index (χ2v) is 4.83. The van der Waals surface area contributed by atoms with Gasteiger partial charge in [0.2, 0.25) is 0 Å². The van der Waals surface area contributed by atoms with E-state index in [9.17, 15) is 0 Å². The first-order valence-electron chi connectivity index (χ1n) is 5.40. The molecule has 0 spiro atoms. The van der Waals surface area contributed by atoms with Crippen molar-refractivity contribution in [2.75, 3.05) is 6.61 Å². The fraction of sp³-hybridized carbons (Fsp3) is 0.818. The van der Waals surface area contributed by atoms with Crippen molar-refractivity contribution in [2.45, 2.75) is 31.7 Å². The van der Waals surface area contributed by atoms with Gasteiger partial charge in [0, 0.05) is 12.5 Å². The lowest BCUT2D eigenvalue weighted by molar-refractivity contribution is 0.281. The Labute approximate surface area is 79.1 Å². The van der Waals surface area contributed by atoms with E-state index in [0.717, 1.165) is 30.8 Å². The Hall–Kier alpha value is -0.500. The van der Waals surface area contributed by atoms with E-state index in [1.807, 2.05) is 6.26 Å². The number of hydrogen-bond acceptors (Lipinski definition) is 2. The molecule has 2 fully saturated rings. The summed E-state index contributed by atoms with van der Waals surface area (Å²) < 4.78 is 5.23. The third-order valence-electron chi connectivity index (χ3n) is 3.96. The van der Waals surface area contributed by atoms with Gasteiger partial charge in [-0.25, -0.2) is 0 Å². The molecule has 0 saturated heterocycles. The number of ether oxygens (including phenoxy) is 1. The molecule has 3 atom stereocenters. The summed E-state index contributed by atoms with van der Waals surface area (Å²) in [7, 11) is 0. The van der Waals surface area contributed by atoms with Crippen molar-refractivity contribution in [1.82, 2.24) is 0 Å². The summed E-state index contributed by atoms with van der Waals surface area (Å²) in [5.41, 5.74) is 7.57. The van der Waals surface area contributed by atoms with Gasteiger partial charge < -0.3 is 10.5 Å². The van der Waals surface area contributed by atoms with Gasteiger partial charge in [0.05, 0.1) is 12.9 Å². The molecule has 3 unspecified atom stereocenters. The zero-order valence-electron chi connectivity index (χ0n) is 7.91. The number of rotatable bonds is 2. The lowest BCUT2D eigenvalue weighted by Crippen LogP contribution is -2.30. The maximum atomic E-state index is 6.22. The third-order valence-corrected chi connectivity index (χ3v) is 3.96. The van der Waals surface area contributed by atoms with Gasteiger partial charge in [0.25, 0.3) is 0 Å².